The number of carbonyl (C=O) groups excluding carboxylic acids is 6. The molecule has 0 heterocycles. The Morgan fingerprint density at radius 1 is 0.792 bits per heavy atom. The van der Waals surface area contributed by atoms with Gasteiger partial charge >= 0.3 is 5.97 Å². The zero-order chi connectivity index (χ0) is 37.0. The lowest BCUT2D eigenvalue weighted by molar-refractivity contribution is -0.142. The third-order valence-electron chi connectivity index (χ3n) is 6.80. The fourth-order valence-corrected chi connectivity index (χ4v) is 4.34. The van der Waals surface area contributed by atoms with Crippen molar-refractivity contribution >= 4 is 72.6 Å². The highest BCUT2D eigenvalue weighted by molar-refractivity contribution is 7.80. The molecule has 0 rings (SSSR count). The standard InChI is InChI=1S/C27H51N11O8S2/c1-27(2,25(46)37-17(11-19(30)39)22(42)36-18(13-48)24(44)45)38-23(43)16(8-6-10-33-26(31)32-3)35-21(41)15(7-4-5-9-28)34-20(40)14(29)12-47/h14-18,47-48H,4-13,28-29H2,1-3H3,(H2,30,39)(H,34,40)(H,35,41)(H,36,42)(H,37,46)(H,38,43)(H,44,45)(H3,31,32,33)/t14-,15-,16-,17-,18-/m0/s1. The van der Waals surface area contributed by atoms with Crippen LogP contribution in [-0.2, 0) is 33.6 Å². The molecule has 0 fully saturated rings. The molecular formula is C27H51N11O8S2. The molecule has 0 aliphatic carbocycles. The number of carbonyl (C=O) groups is 7. The Morgan fingerprint density at radius 3 is 1.85 bits per heavy atom. The van der Waals surface area contributed by atoms with Crippen LogP contribution < -0.4 is 54.4 Å². The van der Waals surface area contributed by atoms with E-state index in [4.69, 9.17) is 22.6 Å². The van der Waals surface area contributed by atoms with E-state index in [1.807, 2.05) is 0 Å². The normalized spacial score (nSPS) is 14.1. The molecule has 21 heteroatoms. The average molecular weight is 722 g/mol. The second-order valence-electron chi connectivity index (χ2n) is 11.3. The van der Waals surface area contributed by atoms with Crippen LogP contribution in [0.15, 0.2) is 0 Å². The first-order valence-electron chi connectivity index (χ1n) is 15.2. The minimum atomic E-state index is -1.74. The Labute approximate surface area is 290 Å². The summed E-state index contributed by atoms with van der Waals surface area (Å²) in [5.41, 5.74) is 14.8. The van der Waals surface area contributed by atoms with E-state index in [1.165, 1.54) is 13.8 Å². The summed E-state index contributed by atoms with van der Waals surface area (Å²) in [6.07, 6.45) is 0.867. The largest absolute Gasteiger partial charge is 0.480 e. The number of aliphatic carboxylic acids is 1. The van der Waals surface area contributed by atoms with E-state index >= 15 is 0 Å². The molecule has 0 saturated carbocycles. The van der Waals surface area contributed by atoms with Gasteiger partial charge in [0.25, 0.3) is 0 Å². The predicted octanol–water partition coefficient (Wildman–Crippen LogP) is -4.38. The first-order valence-corrected chi connectivity index (χ1v) is 16.4. The van der Waals surface area contributed by atoms with Crippen LogP contribution in [0.25, 0.3) is 0 Å². The quantitative estimate of drug-likeness (QED) is 0.0206. The molecule has 48 heavy (non-hydrogen) atoms. The Hall–Kier alpha value is -3.82. The Balaban J connectivity index is 6.05. The lowest BCUT2D eigenvalue weighted by Crippen LogP contribution is -2.63. The van der Waals surface area contributed by atoms with Crippen molar-refractivity contribution in [1.29, 1.82) is 5.41 Å². The summed E-state index contributed by atoms with van der Waals surface area (Å²) in [5.74, 6) is -6.66. The highest BCUT2D eigenvalue weighted by atomic mass is 32.1. The number of nitrogens with one attached hydrogen (secondary N) is 8. The van der Waals surface area contributed by atoms with E-state index in [9.17, 15) is 38.7 Å². The molecule has 0 radical (unpaired) electrons. The van der Waals surface area contributed by atoms with Crippen molar-refractivity contribution in [3.8, 4) is 0 Å². The van der Waals surface area contributed by atoms with Crippen molar-refractivity contribution in [3.05, 3.63) is 0 Å². The van der Waals surface area contributed by atoms with Gasteiger partial charge in [0.1, 0.15) is 29.7 Å². The lowest BCUT2D eigenvalue weighted by atomic mass is 10.0. The van der Waals surface area contributed by atoms with Crippen molar-refractivity contribution in [2.45, 2.75) is 88.1 Å². The molecule has 0 aromatic carbocycles. The van der Waals surface area contributed by atoms with Crippen LogP contribution in [0.3, 0.4) is 0 Å². The van der Waals surface area contributed by atoms with Gasteiger partial charge in [-0.05, 0) is 52.5 Å². The molecule has 0 aromatic rings. The Bertz CT molecular complexity index is 1140. The van der Waals surface area contributed by atoms with E-state index in [1.54, 1.807) is 7.05 Å². The van der Waals surface area contributed by atoms with E-state index in [0.717, 1.165) is 0 Å². The van der Waals surface area contributed by atoms with Crippen LogP contribution in [0, 0.1) is 5.41 Å². The third kappa shape index (κ3) is 16.8. The number of unbranched alkanes of at least 4 members (excludes halogenated alkanes) is 1. The van der Waals surface area contributed by atoms with Gasteiger partial charge in [-0.1, -0.05) is 0 Å². The number of amides is 6. The third-order valence-corrected chi connectivity index (χ3v) is 7.55. The molecule has 5 atom stereocenters. The van der Waals surface area contributed by atoms with Crippen LogP contribution in [0.2, 0.25) is 0 Å². The Morgan fingerprint density at radius 2 is 1.33 bits per heavy atom. The van der Waals surface area contributed by atoms with Gasteiger partial charge in [-0.3, -0.25) is 34.2 Å². The van der Waals surface area contributed by atoms with Gasteiger partial charge in [-0.15, -0.1) is 0 Å². The van der Waals surface area contributed by atoms with Gasteiger partial charge in [0, 0.05) is 25.1 Å². The highest BCUT2D eigenvalue weighted by Gasteiger charge is 2.37. The van der Waals surface area contributed by atoms with Gasteiger partial charge in [-0.2, -0.15) is 25.3 Å². The van der Waals surface area contributed by atoms with Crippen molar-refractivity contribution in [3.63, 3.8) is 0 Å². The predicted molar refractivity (Wildman–Crippen MR) is 184 cm³/mol. The molecule has 0 aliphatic heterocycles. The van der Waals surface area contributed by atoms with Crippen molar-refractivity contribution in [2.75, 3.05) is 31.6 Å². The summed E-state index contributed by atoms with van der Waals surface area (Å²) in [4.78, 5) is 88.4. The SMILES string of the molecule is CNC(=N)NCCC[C@H](NC(=O)[C@H](CCCCN)NC(=O)[C@@H](N)CS)C(=O)NC(C)(C)C(=O)N[C@@H](CC(N)=O)C(=O)N[C@@H](CS)C(=O)O. The number of primary amides is 1. The molecule has 274 valence electrons. The summed E-state index contributed by atoms with van der Waals surface area (Å²) in [7, 11) is 1.54. The molecule has 0 aliphatic rings. The van der Waals surface area contributed by atoms with Gasteiger partial charge in [0.2, 0.25) is 35.4 Å². The zero-order valence-electron chi connectivity index (χ0n) is 27.4. The maximum Gasteiger partial charge on any atom is 0.327 e. The molecule has 15 N–H and O–H groups in total. The number of guanidine groups is 1. The molecule has 19 nitrogen and oxygen atoms in total. The second-order valence-corrected chi connectivity index (χ2v) is 12.0. The van der Waals surface area contributed by atoms with E-state index < -0.39 is 83.6 Å². The first kappa shape index (κ1) is 44.2. The highest BCUT2D eigenvalue weighted by Crippen LogP contribution is 2.09. The Kier molecular flexibility index (Phi) is 20.9. The number of hydrogen-bond acceptors (Lipinski definition) is 12. The van der Waals surface area contributed by atoms with Gasteiger partial charge in [0.05, 0.1) is 12.5 Å². The zero-order valence-corrected chi connectivity index (χ0v) is 29.2. The average Bonchev–Trinajstić information content (AvgIpc) is 3.02. The van der Waals surface area contributed by atoms with Crippen molar-refractivity contribution in [1.82, 2.24) is 37.2 Å². The molecule has 0 bridgehead atoms. The summed E-state index contributed by atoms with van der Waals surface area (Å²) in [5, 5.41) is 34.4. The fourth-order valence-electron chi connectivity index (χ4n) is 3.93. The number of rotatable bonds is 23. The smallest absolute Gasteiger partial charge is 0.327 e. The molecule has 6 amide bonds. The number of thiol groups is 2. The van der Waals surface area contributed by atoms with Crippen LogP contribution in [-0.4, -0.2) is 120 Å². The minimum Gasteiger partial charge on any atom is -0.480 e. The fraction of sp³-hybridized carbons (Fsp3) is 0.704. The second kappa shape index (κ2) is 22.7. The van der Waals surface area contributed by atoms with E-state index in [0.29, 0.717) is 19.4 Å². The maximum absolute atomic E-state index is 13.6. The maximum atomic E-state index is 13.6. The summed E-state index contributed by atoms with van der Waals surface area (Å²) in [6, 6.07) is -6.30. The summed E-state index contributed by atoms with van der Waals surface area (Å²) in [6.45, 7) is 3.20. The van der Waals surface area contributed by atoms with Gasteiger partial charge in [-0.25, -0.2) is 4.79 Å². The molecule has 0 aromatic heterocycles. The summed E-state index contributed by atoms with van der Waals surface area (Å²) >= 11 is 7.88. The topological polar surface area (TPSA) is 326 Å². The van der Waals surface area contributed by atoms with E-state index in [-0.39, 0.29) is 43.3 Å². The number of nitrogens with two attached hydrogens (primary N) is 3. The number of carboxylic acids is 1. The van der Waals surface area contributed by atoms with Gasteiger partial charge in [0.15, 0.2) is 5.96 Å². The lowest BCUT2D eigenvalue weighted by Gasteiger charge is -2.30. The minimum absolute atomic E-state index is 0.0249. The number of hydrogen-bond donors (Lipinski definition) is 14. The van der Waals surface area contributed by atoms with Gasteiger partial charge < -0.3 is 59.5 Å². The molecule has 0 spiro atoms. The molecule has 0 saturated heterocycles. The summed E-state index contributed by atoms with van der Waals surface area (Å²) < 4.78 is 0. The van der Waals surface area contributed by atoms with Crippen molar-refractivity contribution in [2.24, 2.45) is 17.2 Å². The van der Waals surface area contributed by atoms with Crippen LogP contribution in [0.1, 0.15) is 52.4 Å². The monoisotopic (exact) mass is 721 g/mol. The van der Waals surface area contributed by atoms with Crippen LogP contribution >= 0.6 is 25.3 Å². The molecular weight excluding hydrogens is 671 g/mol. The number of carboxylic acid groups (broad SMARTS) is 1. The van der Waals surface area contributed by atoms with Crippen LogP contribution in [0.5, 0.6) is 0 Å². The molecule has 0 unspecified atom stereocenters. The van der Waals surface area contributed by atoms with Crippen molar-refractivity contribution < 1.29 is 38.7 Å². The first-order chi connectivity index (χ1) is 22.4. The van der Waals surface area contributed by atoms with E-state index in [2.05, 4.69) is 62.5 Å². The van der Waals surface area contributed by atoms with Crippen LogP contribution in [0.4, 0.5) is 0 Å².